The molecule has 1 atom stereocenters. The predicted octanol–water partition coefficient (Wildman–Crippen LogP) is 2.72. The lowest BCUT2D eigenvalue weighted by atomic mass is 10.1. The standard InChI is InChI=1S/C14H20BrNO2/c1-11(10-17)16(2)9-3-4-14(18)12-5-7-13(15)8-6-12/h5-8,11,17H,3-4,9-10H2,1-2H3. The molecule has 0 bridgehead atoms. The molecule has 1 aromatic carbocycles. The molecule has 0 spiro atoms. The van der Waals surface area contributed by atoms with E-state index < -0.39 is 0 Å². The first kappa shape index (κ1) is 15.3. The fourth-order valence-electron chi connectivity index (χ4n) is 1.63. The minimum atomic E-state index is 0.146. The van der Waals surface area contributed by atoms with Gasteiger partial charge in [0.1, 0.15) is 0 Å². The lowest BCUT2D eigenvalue weighted by molar-refractivity contribution is 0.0969. The van der Waals surface area contributed by atoms with E-state index in [2.05, 4.69) is 20.8 Å². The summed E-state index contributed by atoms with van der Waals surface area (Å²) in [5, 5.41) is 9.00. The summed E-state index contributed by atoms with van der Waals surface area (Å²) < 4.78 is 0.982. The maximum absolute atomic E-state index is 11.9. The number of likely N-dealkylation sites (N-methyl/N-ethyl adjacent to an activating group) is 1. The van der Waals surface area contributed by atoms with Gasteiger partial charge in [-0.1, -0.05) is 28.1 Å². The van der Waals surface area contributed by atoms with Gasteiger partial charge in [0.25, 0.3) is 0 Å². The van der Waals surface area contributed by atoms with Crippen LogP contribution in [-0.4, -0.2) is 42.0 Å². The van der Waals surface area contributed by atoms with Gasteiger partial charge in [0.15, 0.2) is 5.78 Å². The van der Waals surface area contributed by atoms with Crippen LogP contribution in [0.3, 0.4) is 0 Å². The molecule has 0 saturated heterocycles. The number of hydrogen-bond donors (Lipinski definition) is 1. The van der Waals surface area contributed by atoms with Crippen LogP contribution in [0.5, 0.6) is 0 Å². The highest BCUT2D eigenvalue weighted by Crippen LogP contribution is 2.12. The molecule has 0 amide bonds. The van der Waals surface area contributed by atoms with Crippen molar-refractivity contribution in [3.8, 4) is 0 Å². The van der Waals surface area contributed by atoms with Crippen LogP contribution >= 0.6 is 15.9 Å². The average molecular weight is 314 g/mol. The number of aliphatic hydroxyl groups is 1. The topological polar surface area (TPSA) is 40.5 Å². The second-order valence-electron chi connectivity index (χ2n) is 4.55. The Morgan fingerprint density at radius 1 is 1.39 bits per heavy atom. The largest absolute Gasteiger partial charge is 0.395 e. The van der Waals surface area contributed by atoms with Crippen LogP contribution < -0.4 is 0 Å². The number of carbonyl (C=O) groups is 1. The van der Waals surface area contributed by atoms with E-state index >= 15 is 0 Å². The van der Waals surface area contributed by atoms with Crippen molar-refractivity contribution in [3.05, 3.63) is 34.3 Å². The first-order chi connectivity index (χ1) is 8.54. The Kier molecular flexibility index (Phi) is 6.54. The molecule has 0 fully saturated rings. The van der Waals surface area contributed by atoms with Crippen LogP contribution in [0.1, 0.15) is 30.1 Å². The Morgan fingerprint density at radius 2 is 2.00 bits per heavy atom. The average Bonchev–Trinajstić information content (AvgIpc) is 2.38. The highest BCUT2D eigenvalue weighted by Gasteiger charge is 2.09. The summed E-state index contributed by atoms with van der Waals surface area (Å²) in [6.07, 6.45) is 1.36. The van der Waals surface area contributed by atoms with Crippen LogP contribution in [0.2, 0.25) is 0 Å². The van der Waals surface area contributed by atoms with Gasteiger partial charge in [-0.05, 0) is 39.1 Å². The Hall–Kier alpha value is -0.710. The maximum Gasteiger partial charge on any atom is 0.162 e. The molecule has 0 aliphatic heterocycles. The SMILES string of the molecule is CC(CO)N(C)CCCC(=O)c1ccc(Br)cc1. The van der Waals surface area contributed by atoms with Gasteiger partial charge in [0.2, 0.25) is 0 Å². The number of nitrogens with zero attached hydrogens (tertiary/aromatic N) is 1. The van der Waals surface area contributed by atoms with Crippen molar-refractivity contribution in [2.45, 2.75) is 25.8 Å². The Balaban J connectivity index is 2.35. The van der Waals surface area contributed by atoms with E-state index in [1.807, 2.05) is 38.2 Å². The summed E-state index contributed by atoms with van der Waals surface area (Å²) in [4.78, 5) is 14.0. The summed E-state index contributed by atoms with van der Waals surface area (Å²) in [6, 6.07) is 7.59. The second-order valence-corrected chi connectivity index (χ2v) is 5.46. The fourth-order valence-corrected chi connectivity index (χ4v) is 1.89. The molecule has 0 aliphatic carbocycles. The van der Waals surface area contributed by atoms with Crippen molar-refractivity contribution in [2.75, 3.05) is 20.2 Å². The maximum atomic E-state index is 11.9. The van der Waals surface area contributed by atoms with Crippen LogP contribution in [0.25, 0.3) is 0 Å². The Labute approximate surface area is 117 Å². The van der Waals surface area contributed by atoms with Crippen LogP contribution in [0, 0.1) is 0 Å². The van der Waals surface area contributed by atoms with E-state index in [1.165, 1.54) is 0 Å². The molecule has 1 N–H and O–H groups in total. The highest BCUT2D eigenvalue weighted by atomic mass is 79.9. The third kappa shape index (κ3) is 4.88. The van der Waals surface area contributed by atoms with E-state index in [0.717, 1.165) is 23.0 Å². The van der Waals surface area contributed by atoms with Gasteiger partial charge < -0.3 is 10.0 Å². The van der Waals surface area contributed by atoms with Crippen molar-refractivity contribution in [3.63, 3.8) is 0 Å². The third-order valence-corrected chi connectivity index (χ3v) is 3.63. The van der Waals surface area contributed by atoms with Crippen LogP contribution in [0.15, 0.2) is 28.7 Å². The summed E-state index contributed by atoms with van der Waals surface area (Å²) in [5.41, 5.74) is 0.760. The molecule has 0 radical (unpaired) electrons. The zero-order chi connectivity index (χ0) is 13.5. The van der Waals surface area contributed by atoms with Crippen molar-refractivity contribution in [1.82, 2.24) is 4.90 Å². The third-order valence-electron chi connectivity index (χ3n) is 3.10. The molecule has 1 aromatic rings. The number of halogens is 1. The van der Waals surface area contributed by atoms with Gasteiger partial charge in [-0.15, -0.1) is 0 Å². The number of hydrogen-bond acceptors (Lipinski definition) is 3. The quantitative estimate of drug-likeness (QED) is 0.787. The minimum absolute atomic E-state index is 0.146. The number of carbonyl (C=O) groups excluding carboxylic acids is 1. The molecule has 3 nitrogen and oxygen atoms in total. The van der Waals surface area contributed by atoms with Gasteiger partial charge in [0, 0.05) is 22.5 Å². The predicted molar refractivity (Wildman–Crippen MR) is 76.9 cm³/mol. The van der Waals surface area contributed by atoms with Crippen molar-refractivity contribution in [1.29, 1.82) is 0 Å². The highest BCUT2D eigenvalue weighted by molar-refractivity contribution is 9.10. The molecule has 4 heteroatoms. The zero-order valence-corrected chi connectivity index (χ0v) is 12.5. The van der Waals surface area contributed by atoms with Crippen LogP contribution in [-0.2, 0) is 0 Å². The number of ketones is 1. The van der Waals surface area contributed by atoms with Gasteiger partial charge in [-0.2, -0.15) is 0 Å². The summed E-state index contributed by atoms with van der Waals surface area (Å²) in [7, 11) is 1.96. The minimum Gasteiger partial charge on any atom is -0.395 e. The zero-order valence-electron chi connectivity index (χ0n) is 10.9. The molecule has 0 saturated carbocycles. The first-order valence-corrected chi connectivity index (χ1v) is 6.93. The lowest BCUT2D eigenvalue weighted by Crippen LogP contribution is -2.32. The first-order valence-electron chi connectivity index (χ1n) is 6.14. The van der Waals surface area contributed by atoms with Crippen molar-refractivity contribution >= 4 is 21.7 Å². The van der Waals surface area contributed by atoms with Crippen molar-refractivity contribution < 1.29 is 9.90 Å². The normalized spacial score (nSPS) is 12.7. The molecule has 1 unspecified atom stereocenters. The molecule has 0 heterocycles. The second kappa shape index (κ2) is 7.67. The molecule has 1 rings (SSSR count). The van der Waals surface area contributed by atoms with Crippen LogP contribution in [0.4, 0.5) is 0 Å². The smallest absolute Gasteiger partial charge is 0.162 e. The fraction of sp³-hybridized carbons (Fsp3) is 0.500. The van der Waals surface area contributed by atoms with Gasteiger partial charge in [-0.25, -0.2) is 0 Å². The van der Waals surface area contributed by atoms with Gasteiger partial charge in [0.05, 0.1) is 6.61 Å². The van der Waals surface area contributed by atoms with Gasteiger partial charge in [-0.3, -0.25) is 4.79 Å². The number of rotatable bonds is 7. The molecule has 0 aromatic heterocycles. The number of benzene rings is 1. The van der Waals surface area contributed by atoms with E-state index in [0.29, 0.717) is 6.42 Å². The summed E-state index contributed by atoms with van der Waals surface area (Å²) >= 11 is 3.35. The van der Waals surface area contributed by atoms with E-state index in [1.54, 1.807) is 0 Å². The summed E-state index contributed by atoms with van der Waals surface area (Å²) in [5.74, 6) is 0.174. The number of Topliss-reactive ketones (excluding diaryl/α,β-unsaturated/α-hetero) is 1. The van der Waals surface area contributed by atoms with Gasteiger partial charge >= 0.3 is 0 Å². The molecule has 100 valence electrons. The summed E-state index contributed by atoms with van der Waals surface area (Å²) in [6.45, 7) is 2.94. The molecular weight excluding hydrogens is 294 g/mol. The molecule has 0 aliphatic rings. The number of aliphatic hydroxyl groups excluding tert-OH is 1. The monoisotopic (exact) mass is 313 g/mol. The van der Waals surface area contributed by atoms with E-state index in [4.69, 9.17) is 5.11 Å². The van der Waals surface area contributed by atoms with E-state index in [-0.39, 0.29) is 18.4 Å². The lowest BCUT2D eigenvalue weighted by Gasteiger charge is -2.22. The van der Waals surface area contributed by atoms with E-state index in [9.17, 15) is 4.79 Å². The molecular formula is C14H20BrNO2. The Bertz CT molecular complexity index is 378. The Morgan fingerprint density at radius 3 is 2.56 bits per heavy atom. The molecule has 18 heavy (non-hydrogen) atoms. The van der Waals surface area contributed by atoms with Crippen molar-refractivity contribution in [2.24, 2.45) is 0 Å².